The van der Waals surface area contributed by atoms with E-state index in [1.165, 1.54) is 13.3 Å². The lowest BCUT2D eigenvalue weighted by atomic mass is 10.1. The van der Waals surface area contributed by atoms with Crippen LogP contribution >= 0.6 is 0 Å². The first kappa shape index (κ1) is 14.8. The van der Waals surface area contributed by atoms with Gasteiger partial charge in [0, 0.05) is 31.3 Å². The summed E-state index contributed by atoms with van der Waals surface area (Å²) in [5, 5.41) is 3.14. The molecule has 0 saturated heterocycles. The highest BCUT2D eigenvalue weighted by Crippen LogP contribution is 2.18. The number of anilines is 1. The van der Waals surface area contributed by atoms with Crippen LogP contribution in [-0.4, -0.2) is 22.6 Å². The molecule has 2 heterocycles. The lowest BCUT2D eigenvalue weighted by Crippen LogP contribution is -2.23. The van der Waals surface area contributed by atoms with Crippen LogP contribution in [0.15, 0.2) is 53.7 Å². The maximum absolute atomic E-state index is 12.6. The van der Waals surface area contributed by atoms with Crippen molar-refractivity contribution in [3.05, 3.63) is 64.7 Å². The van der Waals surface area contributed by atoms with Crippen LogP contribution in [0, 0.1) is 0 Å². The molecule has 2 aromatic heterocycles. The predicted octanol–water partition coefficient (Wildman–Crippen LogP) is 2.19. The van der Waals surface area contributed by atoms with Gasteiger partial charge in [-0.2, -0.15) is 0 Å². The Bertz CT molecular complexity index is 933. The zero-order chi connectivity index (χ0) is 16.4. The quantitative estimate of drug-likeness (QED) is 0.805. The molecule has 116 valence electrons. The van der Waals surface area contributed by atoms with Crippen molar-refractivity contribution in [2.24, 2.45) is 7.05 Å². The van der Waals surface area contributed by atoms with E-state index in [1.807, 2.05) is 0 Å². The van der Waals surface area contributed by atoms with Crippen LogP contribution in [0.4, 0.5) is 5.69 Å². The number of carbonyl (C=O) groups excluding carboxylic acids is 1. The molecular formula is C17H15N3O3. The van der Waals surface area contributed by atoms with Gasteiger partial charge >= 0.3 is 0 Å². The molecule has 3 rings (SSSR count). The number of nitrogens with one attached hydrogen (secondary N) is 1. The number of nitrogens with zero attached hydrogens (tertiary/aromatic N) is 2. The molecule has 23 heavy (non-hydrogen) atoms. The van der Waals surface area contributed by atoms with E-state index in [1.54, 1.807) is 54.3 Å². The van der Waals surface area contributed by atoms with Gasteiger partial charge in [-0.25, -0.2) is 0 Å². The average Bonchev–Trinajstić information content (AvgIpc) is 2.58. The number of ether oxygens (including phenoxy) is 1. The molecule has 3 aromatic rings. The number of aryl methyl sites for hydroxylation is 1. The third-order valence-corrected chi connectivity index (χ3v) is 3.58. The van der Waals surface area contributed by atoms with E-state index in [-0.39, 0.29) is 11.0 Å². The zero-order valence-corrected chi connectivity index (χ0v) is 12.7. The number of aromatic nitrogens is 2. The van der Waals surface area contributed by atoms with Crippen molar-refractivity contribution in [3.8, 4) is 5.75 Å². The van der Waals surface area contributed by atoms with E-state index in [4.69, 9.17) is 4.74 Å². The molecule has 6 nitrogen and oxygen atoms in total. The largest absolute Gasteiger partial charge is 0.497 e. The second-order valence-corrected chi connectivity index (χ2v) is 5.06. The summed E-state index contributed by atoms with van der Waals surface area (Å²) in [6.07, 6.45) is 4.67. The van der Waals surface area contributed by atoms with Crippen LogP contribution in [-0.2, 0) is 7.05 Å². The van der Waals surface area contributed by atoms with Crippen molar-refractivity contribution in [3.63, 3.8) is 0 Å². The van der Waals surface area contributed by atoms with Crippen LogP contribution < -0.4 is 15.5 Å². The Morgan fingerprint density at radius 2 is 1.96 bits per heavy atom. The van der Waals surface area contributed by atoms with Crippen LogP contribution in [0.25, 0.3) is 10.9 Å². The van der Waals surface area contributed by atoms with Gasteiger partial charge in [-0.05, 0) is 30.3 Å². The minimum atomic E-state index is -0.457. The Labute approximate surface area is 132 Å². The first-order valence-electron chi connectivity index (χ1n) is 6.99. The lowest BCUT2D eigenvalue weighted by Gasteiger charge is -2.10. The summed E-state index contributed by atoms with van der Waals surface area (Å²) in [5.41, 5.74) is 1.06. The molecule has 0 bridgehead atoms. The van der Waals surface area contributed by atoms with Crippen molar-refractivity contribution in [1.29, 1.82) is 0 Å². The third kappa shape index (κ3) is 2.78. The number of methoxy groups -OCH3 is 1. The van der Waals surface area contributed by atoms with Gasteiger partial charge in [0.05, 0.1) is 18.0 Å². The summed E-state index contributed by atoms with van der Waals surface area (Å²) in [4.78, 5) is 28.9. The molecule has 0 aliphatic rings. The van der Waals surface area contributed by atoms with E-state index in [0.29, 0.717) is 16.8 Å². The fourth-order valence-corrected chi connectivity index (χ4v) is 2.39. The highest BCUT2D eigenvalue weighted by molar-refractivity contribution is 6.05. The highest BCUT2D eigenvalue weighted by atomic mass is 16.5. The van der Waals surface area contributed by atoms with E-state index in [0.717, 1.165) is 5.52 Å². The van der Waals surface area contributed by atoms with Gasteiger partial charge in [0.15, 0.2) is 0 Å². The summed E-state index contributed by atoms with van der Waals surface area (Å²) in [7, 11) is 3.32. The maximum atomic E-state index is 12.6. The van der Waals surface area contributed by atoms with Crippen molar-refractivity contribution in [2.75, 3.05) is 12.4 Å². The number of hydrogen-bond donors (Lipinski definition) is 1. The molecule has 0 unspecified atom stereocenters. The Balaban J connectivity index is 2.09. The zero-order valence-electron chi connectivity index (χ0n) is 12.7. The van der Waals surface area contributed by atoms with Crippen LogP contribution in [0.1, 0.15) is 10.4 Å². The fraction of sp³-hybridized carbons (Fsp3) is 0.118. The van der Waals surface area contributed by atoms with Gasteiger partial charge in [0.25, 0.3) is 5.91 Å². The lowest BCUT2D eigenvalue weighted by molar-refractivity contribution is 0.102. The van der Waals surface area contributed by atoms with Gasteiger partial charge in [0.1, 0.15) is 11.3 Å². The van der Waals surface area contributed by atoms with Crippen LogP contribution in [0.3, 0.4) is 0 Å². The predicted molar refractivity (Wildman–Crippen MR) is 87.9 cm³/mol. The molecule has 1 N–H and O–H groups in total. The third-order valence-electron chi connectivity index (χ3n) is 3.58. The second kappa shape index (κ2) is 5.92. The maximum Gasteiger partial charge on any atom is 0.261 e. The number of amides is 1. The van der Waals surface area contributed by atoms with Crippen molar-refractivity contribution >= 4 is 22.5 Å². The molecule has 0 spiro atoms. The number of fused-ring (bicyclic) bond motifs is 1. The molecule has 0 radical (unpaired) electrons. The van der Waals surface area contributed by atoms with Crippen molar-refractivity contribution in [1.82, 2.24) is 9.55 Å². The number of benzene rings is 1. The number of pyridine rings is 2. The first-order valence-corrected chi connectivity index (χ1v) is 6.99. The Morgan fingerprint density at radius 1 is 1.22 bits per heavy atom. The SMILES string of the molecule is COc1ccc2c(c1)c(=O)c(C(=O)Nc1ccncc1)cn2C. The molecule has 0 fully saturated rings. The standard InChI is InChI=1S/C17H15N3O3/c1-20-10-14(17(22)19-11-5-7-18-8-6-11)16(21)13-9-12(23-2)3-4-15(13)20/h3-10H,1-2H3,(H,18,19,22). The van der Waals surface area contributed by atoms with Gasteiger partial charge in [0.2, 0.25) is 5.43 Å². The highest BCUT2D eigenvalue weighted by Gasteiger charge is 2.15. The molecular weight excluding hydrogens is 294 g/mol. The molecule has 1 amide bonds. The smallest absolute Gasteiger partial charge is 0.261 e. The van der Waals surface area contributed by atoms with E-state index in [9.17, 15) is 9.59 Å². The van der Waals surface area contributed by atoms with Crippen LogP contribution in [0.2, 0.25) is 0 Å². The minimum Gasteiger partial charge on any atom is -0.497 e. The average molecular weight is 309 g/mol. The van der Waals surface area contributed by atoms with Crippen molar-refractivity contribution < 1.29 is 9.53 Å². The molecule has 1 aromatic carbocycles. The molecule has 0 aliphatic heterocycles. The molecule has 6 heteroatoms. The fourth-order valence-electron chi connectivity index (χ4n) is 2.39. The Morgan fingerprint density at radius 3 is 2.65 bits per heavy atom. The molecule has 0 saturated carbocycles. The summed E-state index contributed by atoms with van der Waals surface area (Å²) in [6, 6.07) is 8.53. The van der Waals surface area contributed by atoms with Gasteiger partial charge < -0.3 is 14.6 Å². The molecule has 0 aliphatic carbocycles. The van der Waals surface area contributed by atoms with E-state index < -0.39 is 5.91 Å². The van der Waals surface area contributed by atoms with Gasteiger partial charge in [-0.15, -0.1) is 0 Å². The Kier molecular flexibility index (Phi) is 3.80. The van der Waals surface area contributed by atoms with Gasteiger partial charge in [-0.1, -0.05) is 0 Å². The van der Waals surface area contributed by atoms with Gasteiger partial charge in [-0.3, -0.25) is 14.6 Å². The Hall–Kier alpha value is -3.15. The van der Waals surface area contributed by atoms with E-state index in [2.05, 4.69) is 10.3 Å². The normalized spacial score (nSPS) is 10.5. The second-order valence-electron chi connectivity index (χ2n) is 5.06. The summed E-state index contributed by atoms with van der Waals surface area (Å²) < 4.78 is 6.91. The van der Waals surface area contributed by atoms with Crippen molar-refractivity contribution in [2.45, 2.75) is 0 Å². The topological polar surface area (TPSA) is 73.2 Å². The first-order chi connectivity index (χ1) is 11.1. The minimum absolute atomic E-state index is 0.0741. The van der Waals surface area contributed by atoms with E-state index >= 15 is 0 Å². The summed E-state index contributed by atoms with van der Waals surface area (Å²) in [6.45, 7) is 0. The molecule has 0 atom stereocenters. The number of carbonyl (C=O) groups is 1. The summed E-state index contributed by atoms with van der Waals surface area (Å²) >= 11 is 0. The number of hydrogen-bond acceptors (Lipinski definition) is 4. The summed E-state index contributed by atoms with van der Waals surface area (Å²) in [5.74, 6) is 0.114. The number of rotatable bonds is 3. The van der Waals surface area contributed by atoms with Crippen LogP contribution in [0.5, 0.6) is 5.75 Å². The monoisotopic (exact) mass is 309 g/mol.